The van der Waals surface area contributed by atoms with E-state index in [4.69, 9.17) is 9.47 Å². The summed E-state index contributed by atoms with van der Waals surface area (Å²) in [5.41, 5.74) is -1.36. The smallest absolute Gasteiger partial charge is 0.334 e. The Bertz CT molecular complexity index is 701. The Morgan fingerprint density at radius 2 is 2.15 bits per heavy atom. The first-order chi connectivity index (χ1) is 12.6. The molecule has 1 aliphatic carbocycles. The monoisotopic (exact) mass is 378 g/mol. The first-order valence-corrected chi connectivity index (χ1v) is 8.97. The van der Waals surface area contributed by atoms with Crippen LogP contribution in [0.4, 0.5) is 0 Å². The summed E-state index contributed by atoms with van der Waals surface area (Å²) in [5, 5.41) is 20.2. The van der Waals surface area contributed by atoms with E-state index < -0.39 is 48.1 Å². The summed E-state index contributed by atoms with van der Waals surface area (Å²) in [4.78, 5) is 36.7. The van der Waals surface area contributed by atoms with Gasteiger partial charge in [-0.25, -0.2) is 4.79 Å². The maximum Gasteiger partial charge on any atom is 0.334 e. The van der Waals surface area contributed by atoms with Crippen molar-refractivity contribution in [1.82, 2.24) is 0 Å². The molecule has 0 spiro atoms. The van der Waals surface area contributed by atoms with Crippen LogP contribution in [0.25, 0.3) is 0 Å². The minimum atomic E-state index is -1.48. The fourth-order valence-corrected chi connectivity index (χ4v) is 3.10. The standard InChI is InChI=1S/C20H26O7/c1-5-11(2)18(23)27-16-9-20(4,25)7-6-14(22)13(10-21)8-15-17(16)12(3)19(24)26-15/h6-8,11,15-17,21,25H,3,5,9-10H2,1-2,4H3/b7-6-,13-8-. The Labute approximate surface area is 158 Å². The molecular weight excluding hydrogens is 352 g/mol. The molecule has 2 aliphatic rings. The van der Waals surface area contributed by atoms with E-state index in [1.165, 1.54) is 19.1 Å². The highest BCUT2D eigenvalue weighted by Gasteiger charge is 2.46. The minimum Gasteiger partial charge on any atom is -0.461 e. The number of esters is 2. The highest BCUT2D eigenvalue weighted by molar-refractivity contribution is 6.04. The van der Waals surface area contributed by atoms with Gasteiger partial charge in [-0.15, -0.1) is 0 Å². The predicted octanol–water partition coefficient (Wildman–Crippen LogP) is 1.24. The average Bonchev–Trinajstić information content (AvgIpc) is 2.89. The normalized spacial score (nSPS) is 35.5. The number of hydrogen-bond donors (Lipinski definition) is 2. The van der Waals surface area contributed by atoms with Gasteiger partial charge in [-0.05, 0) is 31.6 Å². The molecule has 2 rings (SSSR count). The minimum absolute atomic E-state index is 0.0217. The predicted molar refractivity (Wildman–Crippen MR) is 96.4 cm³/mol. The molecule has 7 heteroatoms. The quantitative estimate of drug-likeness (QED) is 0.559. The van der Waals surface area contributed by atoms with Gasteiger partial charge in [0.2, 0.25) is 0 Å². The average molecular weight is 378 g/mol. The number of allylic oxidation sites excluding steroid dienone is 1. The third kappa shape index (κ3) is 4.73. The van der Waals surface area contributed by atoms with Crippen LogP contribution in [0.1, 0.15) is 33.6 Å². The van der Waals surface area contributed by atoms with Gasteiger partial charge in [0.05, 0.1) is 24.0 Å². The summed E-state index contributed by atoms with van der Waals surface area (Å²) in [5.74, 6) is -2.73. The molecular formula is C20H26O7. The Morgan fingerprint density at radius 3 is 2.74 bits per heavy atom. The van der Waals surface area contributed by atoms with E-state index in [0.717, 1.165) is 6.08 Å². The molecule has 0 aromatic carbocycles. The highest BCUT2D eigenvalue weighted by atomic mass is 16.6. The van der Waals surface area contributed by atoms with Crippen LogP contribution in [0.15, 0.2) is 36.0 Å². The summed E-state index contributed by atoms with van der Waals surface area (Å²) < 4.78 is 10.9. The number of rotatable bonds is 4. The molecule has 0 bridgehead atoms. The van der Waals surface area contributed by atoms with Crippen LogP contribution in [0.5, 0.6) is 0 Å². The molecule has 5 atom stereocenters. The molecule has 0 radical (unpaired) electrons. The molecule has 0 aromatic heterocycles. The molecule has 148 valence electrons. The van der Waals surface area contributed by atoms with Gasteiger partial charge in [-0.1, -0.05) is 20.4 Å². The molecule has 2 N–H and O–H groups in total. The molecule has 1 fully saturated rings. The molecule has 1 saturated heterocycles. The van der Waals surface area contributed by atoms with Crippen LogP contribution in [0.3, 0.4) is 0 Å². The van der Waals surface area contributed by atoms with Gasteiger partial charge in [-0.2, -0.15) is 0 Å². The number of ether oxygens (including phenoxy) is 2. The number of carbonyl (C=O) groups excluding carboxylic acids is 3. The van der Waals surface area contributed by atoms with Crippen LogP contribution in [0, 0.1) is 11.8 Å². The van der Waals surface area contributed by atoms with Gasteiger partial charge in [0.25, 0.3) is 0 Å². The summed E-state index contributed by atoms with van der Waals surface area (Å²) in [6.45, 7) is 8.24. The van der Waals surface area contributed by atoms with Crippen LogP contribution >= 0.6 is 0 Å². The first-order valence-electron chi connectivity index (χ1n) is 8.97. The molecule has 27 heavy (non-hydrogen) atoms. The molecule has 7 nitrogen and oxygen atoms in total. The van der Waals surface area contributed by atoms with Gasteiger partial charge >= 0.3 is 11.9 Å². The van der Waals surface area contributed by atoms with Crippen molar-refractivity contribution in [2.75, 3.05) is 6.61 Å². The van der Waals surface area contributed by atoms with Crippen LogP contribution < -0.4 is 0 Å². The van der Waals surface area contributed by atoms with Crippen molar-refractivity contribution in [2.45, 2.75) is 51.4 Å². The number of ketones is 1. The summed E-state index contributed by atoms with van der Waals surface area (Å²) in [6.07, 6.45) is 2.53. The van der Waals surface area contributed by atoms with Gasteiger partial charge in [0.15, 0.2) is 5.78 Å². The molecule has 0 aromatic rings. The van der Waals surface area contributed by atoms with Crippen molar-refractivity contribution in [3.8, 4) is 0 Å². The fourth-order valence-electron chi connectivity index (χ4n) is 3.10. The van der Waals surface area contributed by atoms with E-state index in [0.29, 0.717) is 6.42 Å². The van der Waals surface area contributed by atoms with Crippen molar-refractivity contribution >= 4 is 17.7 Å². The van der Waals surface area contributed by atoms with E-state index in [9.17, 15) is 24.6 Å². The summed E-state index contributed by atoms with van der Waals surface area (Å²) in [7, 11) is 0. The van der Waals surface area contributed by atoms with Crippen molar-refractivity contribution in [1.29, 1.82) is 0 Å². The number of hydrogen-bond acceptors (Lipinski definition) is 7. The Morgan fingerprint density at radius 1 is 1.48 bits per heavy atom. The number of carbonyl (C=O) groups is 3. The van der Waals surface area contributed by atoms with E-state index >= 15 is 0 Å². The van der Waals surface area contributed by atoms with Crippen molar-refractivity contribution < 1.29 is 34.1 Å². The highest BCUT2D eigenvalue weighted by Crippen LogP contribution is 2.37. The van der Waals surface area contributed by atoms with Crippen LogP contribution in [0.2, 0.25) is 0 Å². The number of aliphatic hydroxyl groups is 2. The van der Waals surface area contributed by atoms with Crippen molar-refractivity contribution in [2.24, 2.45) is 11.8 Å². The topological polar surface area (TPSA) is 110 Å². The van der Waals surface area contributed by atoms with Gasteiger partial charge < -0.3 is 19.7 Å². The molecule has 1 heterocycles. The fraction of sp³-hybridized carbons (Fsp3) is 0.550. The van der Waals surface area contributed by atoms with Crippen LogP contribution in [-0.4, -0.2) is 52.4 Å². The van der Waals surface area contributed by atoms with E-state index in [2.05, 4.69) is 6.58 Å². The number of fused-ring (bicyclic) bond motifs is 1. The lowest BCUT2D eigenvalue weighted by molar-refractivity contribution is -0.159. The summed E-state index contributed by atoms with van der Waals surface area (Å²) >= 11 is 0. The Balaban J connectivity index is 2.50. The van der Waals surface area contributed by atoms with E-state index in [1.807, 2.05) is 6.92 Å². The second-order valence-electron chi connectivity index (χ2n) is 7.31. The third-order valence-corrected chi connectivity index (χ3v) is 5.00. The second kappa shape index (κ2) is 8.19. The van der Waals surface area contributed by atoms with Gasteiger partial charge in [0, 0.05) is 17.6 Å². The van der Waals surface area contributed by atoms with Gasteiger partial charge in [0.1, 0.15) is 12.2 Å². The van der Waals surface area contributed by atoms with E-state index in [1.54, 1.807) is 6.92 Å². The Kier molecular flexibility index (Phi) is 6.38. The molecule has 0 amide bonds. The molecule has 1 aliphatic heterocycles. The maximum absolute atomic E-state index is 12.4. The number of aliphatic hydroxyl groups excluding tert-OH is 1. The molecule has 5 unspecified atom stereocenters. The third-order valence-electron chi connectivity index (χ3n) is 5.00. The zero-order chi connectivity index (χ0) is 20.4. The Hall–Kier alpha value is -2.25. The SMILES string of the molecule is C=C1C(=O)OC2/C=C(/CO)C(=O)/C=C\C(C)(O)CC(OC(=O)C(C)CC)C12. The first kappa shape index (κ1) is 21.1. The summed E-state index contributed by atoms with van der Waals surface area (Å²) in [6, 6.07) is 0. The lowest BCUT2D eigenvalue weighted by atomic mass is 9.82. The lowest BCUT2D eigenvalue weighted by Crippen LogP contribution is -2.40. The van der Waals surface area contributed by atoms with Crippen molar-refractivity contribution in [3.63, 3.8) is 0 Å². The largest absolute Gasteiger partial charge is 0.461 e. The maximum atomic E-state index is 12.4. The van der Waals surface area contributed by atoms with Crippen molar-refractivity contribution in [3.05, 3.63) is 36.0 Å². The zero-order valence-electron chi connectivity index (χ0n) is 15.8. The second-order valence-corrected chi connectivity index (χ2v) is 7.31. The van der Waals surface area contributed by atoms with Gasteiger partial charge in [-0.3, -0.25) is 9.59 Å². The van der Waals surface area contributed by atoms with E-state index in [-0.39, 0.29) is 23.5 Å². The molecule has 0 saturated carbocycles. The lowest BCUT2D eigenvalue weighted by Gasteiger charge is -2.32. The zero-order valence-corrected chi connectivity index (χ0v) is 15.8. The van der Waals surface area contributed by atoms with Crippen LogP contribution in [-0.2, 0) is 23.9 Å².